The number of hydrogen-bond acceptors (Lipinski definition) is 6. The van der Waals surface area contributed by atoms with Crippen LogP contribution in [-0.4, -0.2) is 30.2 Å². The van der Waals surface area contributed by atoms with Gasteiger partial charge in [-0.2, -0.15) is 0 Å². The minimum absolute atomic E-state index is 0.112. The molecule has 7 heteroatoms. The molecule has 1 aliphatic rings. The fourth-order valence-electron chi connectivity index (χ4n) is 2.87. The van der Waals surface area contributed by atoms with Gasteiger partial charge in [0.2, 0.25) is 5.91 Å². The molecule has 3 heterocycles. The van der Waals surface area contributed by atoms with Crippen LogP contribution in [0.25, 0.3) is 10.8 Å². The molecule has 1 saturated heterocycles. The van der Waals surface area contributed by atoms with Gasteiger partial charge in [-0.1, -0.05) is 0 Å². The van der Waals surface area contributed by atoms with Crippen molar-refractivity contribution < 1.29 is 18.7 Å². The van der Waals surface area contributed by atoms with Gasteiger partial charge in [0, 0.05) is 17.7 Å². The lowest BCUT2D eigenvalue weighted by Gasteiger charge is -2.12. The van der Waals surface area contributed by atoms with Crippen LogP contribution in [0.1, 0.15) is 18.5 Å². The lowest BCUT2D eigenvalue weighted by molar-refractivity contribution is -0.115. The van der Waals surface area contributed by atoms with E-state index in [0.717, 1.165) is 41.6 Å². The number of amides is 1. The van der Waals surface area contributed by atoms with Gasteiger partial charge in [0.15, 0.2) is 10.8 Å². The predicted molar refractivity (Wildman–Crippen MR) is 103 cm³/mol. The van der Waals surface area contributed by atoms with E-state index in [4.69, 9.17) is 13.9 Å². The maximum atomic E-state index is 12.2. The number of rotatable bonds is 7. The molecule has 1 atom stereocenters. The fraction of sp³-hybridized carbons (Fsp3) is 0.300. The van der Waals surface area contributed by atoms with Crippen molar-refractivity contribution in [3.63, 3.8) is 0 Å². The Bertz CT molecular complexity index is 868. The summed E-state index contributed by atoms with van der Waals surface area (Å²) < 4.78 is 16.6. The van der Waals surface area contributed by atoms with Crippen molar-refractivity contribution in [2.45, 2.75) is 25.4 Å². The van der Waals surface area contributed by atoms with Gasteiger partial charge in [0.25, 0.3) is 0 Å². The van der Waals surface area contributed by atoms with Crippen molar-refractivity contribution >= 4 is 22.9 Å². The molecule has 1 fully saturated rings. The summed E-state index contributed by atoms with van der Waals surface area (Å²) in [5, 5.41) is 5.53. The summed E-state index contributed by atoms with van der Waals surface area (Å²) in [6.07, 6.45) is 4.16. The van der Waals surface area contributed by atoms with Gasteiger partial charge in [-0.15, -0.1) is 11.3 Å². The molecule has 1 N–H and O–H groups in total. The average Bonchev–Trinajstić information content (AvgIpc) is 3.43. The molecular weight excluding hydrogens is 364 g/mol. The molecule has 0 radical (unpaired) electrons. The number of nitrogens with zero attached hydrogens (tertiary/aromatic N) is 1. The van der Waals surface area contributed by atoms with Crippen molar-refractivity contribution in [2.24, 2.45) is 0 Å². The Morgan fingerprint density at radius 1 is 1.30 bits per heavy atom. The Balaban J connectivity index is 1.27. The van der Waals surface area contributed by atoms with Crippen molar-refractivity contribution in [1.29, 1.82) is 0 Å². The lowest BCUT2D eigenvalue weighted by atomic mass is 10.2. The van der Waals surface area contributed by atoms with Gasteiger partial charge in [-0.25, -0.2) is 4.98 Å². The molecule has 0 saturated carbocycles. The average molecular weight is 384 g/mol. The minimum atomic E-state index is -0.112. The molecule has 27 heavy (non-hydrogen) atoms. The van der Waals surface area contributed by atoms with Gasteiger partial charge in [0.05, 0.1) is 24.5 Å². The highest BCUT2D eigenvalue weighted by molar-refractivity contribution is 7.13. The zero-order valence-corrected chi connectivity index (χ0v) is 15.5. The topological polar surface area (TPSA) is 73.6 Å². The van der Waals surface area contributed by atoms with Crippen molar-refractivity contribution in [3.05, 3.63) is 53.7 Å². The number of ether oxygens (including phenoxy) is 2. The molecule has 3 aromatic rings. The van der Waals surface area contributed by atoms with E-state index in [-0.39, 0.29) is 18.4 Å². The molecule has 0 unspecified atom stereocenters. The van der Waals surface area contributed by atoms with Crippen LogP contribution in [0.5, 0.6) is 5.75 Å². The van der Waals surface area contributed by atoms with E-state index < -0.39 is 0 Å². The summed E-state index contributed by atoms with van der Waals surface area (Å²) in [4.78, 5) is 16.7. The first-order chi connectivity index (χ1) is 13.3. The van der Waals surface area contributed by atoms with Gasteiger partial charge in [-0.05, 0) is 49.2 Å². The highest BCUT2D eigenvalue weighted by Crippen LogP contribution is 2.24. The second kappa shape index (κ2) is 8.37. The Morgan fingerprint density at radius 2 is 2.19 bits per heavy atom. The van der Waals surface area contributed by atoms with Crippen LogP contribution in [-0.2, 0) is 16.0 Å². The Kier molecular flexibility index (Phi) is 5.50. The normalized spacial score (nSPS) is 16.4. The summed E-state index contributed by atoms with van der Waals surface area (Å²) in [5.74, 6) is 1.37. The summed E-state index contributed by atoms with van der Waals surface area (Å²) in [6.45, 7) is 1.38. The van der Waals surface area contributed by atoms with Gasteiger partial charge < -0.3 is 19.2 Å². The number of carbonyl (C=O) groups is 1. The van der Waals surface area contributed by atoms with E-state index in [0.29, 0.717) is 12.4 Å². The molecule has 1 aliphatic heterocycles. The number of carbonyl (C=O) groups excluding carboxylic acids is 1. The third-order valence-corrected chi connectivity index (χ3v) is 5.13. The molecular formula is C20H20N2O4S. The second-order valence-corrected chi connectivity index (χ2v) is 7.17. The molecule has 0 spiro atoms. The first-order valence-electron chi connectivity index (χ1n) is 8.89. The smallest absolute Gasteiger partial charge is 0.230 e. The zero-order chi connectivity index (χ0) is 18.5. The Labute approximate surface area is 161 Å². The van der Waals surface area contributed by atoms with E-state index in [1.807, 2.05) is 41.8 Å². The van der Waals surface area contributed by atoms with Crippen LogP contribution in [0.4, 0.5) is 5.69 Å². The first kappa shape index (κ1) is 17.8. The zero-order valence-electron chi connectivity index (χ0n) is 14.7. The predicted octanol–water partition coefficient (Wildman–Crippen LogP) is 4.14. The monoisotopic (exact) mass is 384 g/mol. The lowest BCUT2D eigenvalue weighted by Crippen LogP contribution is -2.16. The fourth-order valence-corrected chi connectivity index (χ4v) is 3.66. The SMILES string of the molecule is O=C(Cc1csc(-c2ccco2)n1)Nc1ccc(OC[C@@H]2CCCO2)cc1. The number of hydrogen-bond donors (Lipinski definition) is 1. The van der Waals surface area contributed by atoms with Crippen LogP contribution in [0.2, 0.25) is 0 Å². The molecule has 0 bridgehead atoms. The molecule has 2 aromatic heterocycles. The maximum Gasteiger partial charge on any atom is 0.230 e. The van der Waals surface area contributed by atoms with E-state index >= 15 is 0 Å². The molecule has 4 rings (SSSR count). The summed E-state index contributed by atoms with van der Waals surface area (Å²) in [5.41, 5.74) is 1.45. The van der Waals surface area contributed by atoms with Crippen LogP contribution < -0.4 is 10.1 Å². The maximum absolute atomic E-state index is 12.2. The molecule has 1 aromatic carbocycles. The summed E-state index contributed by atoms with van der Waals surface area (Å²) >= 11 is 1.46. The summed E-state index contributed by atoms with van der Waals surface area (Å²) in [6, 6.07) is 11.0. The number of benzene rings is 1. The van der Waals surface area contributed by atoms with Crippen LogP contribution in [0.15, 0.2) is 52.5 Å². The van der Waals surface area contributed by atoms with E-state index in [1.54, 1.807) is 6.26 Å². The van der Waals surface area contributed by atoms with Gasteiger partial charge in [0.1, 0.15) is 12.4 Å². The third-order valence-electron chi connectivity index (χ3n) is 4.22. The Morgan fingerprint density at radius 3 is 2.93 bits per heavy atom. The first-order valence-corrected chi connectivity index (χ1v) is 9.77. The van der Waals surface area contributed by atoms with Crippen molar-refractivity contribution in [2.75, 3.05) is 18.5 Å². The van der Waals surface area contributed by atoms with E-state index in [1.165, 1.54) is 11.3 Å². The highest BCUT2D eigenvalue weighted by atomic mass is 32.1. The third kappa shape index (κ3) is 4.75. The van der Waals surface area contributed by atoms with E-state index in [9.17, 15) is 4.79 Å². The Hall–Kier alpha value is -2.64. The number of thiazole rings is 1. The van der Waals surface area contributed by atoms with E-state index in [2.05, 4.69) is 10.3 Å². The number of anilines is 1. The number of nitrogens with one attached hydrogen (secondary N) is 1. The minimum Gasteiger partial charge on any atom is -0.491 e. The largest absolute Gasteiger partial charge is 0.491 e. The molecule has 140 valence electrons. The van der Waals surface area contributed by atoms with Crippen LogP contribution >= 0.6 is 11.3 Å². The van der Waals surface area contributed by atoms with Crippen LogP contribution in [0.3, 0.4) is 0 Å². The second-order valence-electron chi connectivity index (χ2n) is 6.32. The molecule has 0 aliphatic carbocycles. The van der Waals surface area contributed by atoms with Crippen LogP contribution in [0, 0.1) is 0 Å². The summed E-state index contributed by atoms with van der Waals surface area (Å²) in [7, 11) is 0. The van der Waals surface area contributed by atoms with Crippen molar-refractivity contribution in [3.8, 4) is 16.5 Å². The van der Waals surface area contributed by atoms with Gasteiger partial charge in [-0.3, -0.25) is 4.79 Å². The number of aromatic nitrogens is 1. The quantitative estimate of drug-likeness (QED) is 0.663. The highest BCUT2D eigenvalue weighted by Gasteiger charge is 2.16. The van der Waals surface area contributed by atoms with Crippen molar-refractivity contribution in [1.82, 2.24) is 4.98 Å². The molecule has 6 nitrogen and oxygen atoms in total. The molecule has 1 amide bonds. The number of furan rings is 1. The standard InChI is InChI=1S/C20H20N2O4S/c23-19(11-15-13-27-20(22-15)18-4-2-10-25-18)21-14-5-7-16(8-6-14)26-12-17-3-1-9-24-17/h2,4-8,10,13,17H,1,3,9,11-12H2,(H,21,23)/t17-/m0/s1. The van der Waals surface area contributed by atoms with Gasteiger partial charge >= 0.3 is 0 Å².